The second kappa shape index (κ2) is 5.42. The van der Waals surface area contributed by atoms with Crippen molar-refractivity contribution in [1.82, 2.24) is 10.3 Å². The third-order valence-corrected chi connectivity index (χ3v) is 4.37. The maximum absolute atomic E-state index is 11.8. The Labute approximate surface area is 112 Å². The largest absolute Gasteiger partial charge is 0.346 e. The summed E-state index contributed by atoms with van der Waals surface area (Å²) in [6, 6.07) is 7.52. The topological polar surface area (TPSA) is 42.0 Å². The van der Waals surface area contributed by atoms with Crippen molar-refractivity contribution >= 4 is 33.2 Å². The summed E-state index contributed by atoms with van der Waals surface area (Å²) in [5, 5.41) is 2.84. The van der Waals surface area contributed by atoms with E-state index in [0.717, 1.165) is 15.0 Å². The number of halogens is 1. The van der Waals surface area contributed by atoms with E-state index in [0.29, 0.717) is 11.4 Å². The van der Waals surface area contributed by atoms with Crippen molar-refractivity contribution in [3.63, 3.8) is 0 Å². The van der Waals surface area contributed by atoms with Crippen molar-refractivity contribution < 1.29 is 4.79 Å². The Morgan fingerprint density at radius 3 is 2.94 bits per heavy atom. The third-order valence-electron chi connectivity index (χ3n) is 2.24. The molecule has 88 valence electrons. The molecule has 0 saturated carbocycles. The molecule has 0 saturated heterocycles. The lowest BCUT2D eigenvalue weighted by Gasteiger charge is -2.02. The second-order valence-electron chi connectivity index (χ2n) is 3.57. The van der Waals surface area contributed by atoms with Gasteiger partial charge in [0.1, 0.15) is 0 Å². The van der Waals surface area contributed by atoms with Gasteiger partial charge in [0.2, 0.25) is 0 Å². The molecule has 0 unspecified atom stereocenters. The minimum Gasteiger partial charge on any atom is -0.346 e. The number of thiophene rings is 1. The lowest BCUT2D eigenvalue weighted by molar-refractivity contribution is 0.0954. The van der Waals surface area contributed by atoms with Gasteiger partial charge in [-0.25, -0.2) is 0 Å². The summed E-state index contributed by atoms with van der Waals surface area (Å²) in [7, 11) is 0. The van der Waals surface area contributed by atoms with Gasteiger partial charge in [-0.3, -0.25) is 9.78 Å². The SMILES string of the molecule is Cc1cc(C(=O)NCc2ccccn2)sc1Br. The average molecular weight is 311 g/mol. The van der Waals surface area contributed by atoms with Crippen LogP contribution in [-0.2, 0) is 6.54 Å². The highest BCUT2D eigenvalue weighted by Gasteiger charge is 2.10. The fourth-order valence-electron chi connectivity index (χ4n) is 1.33. The monoisotopic (exact) mass is 310 g/mol. The quantitative estimate of drug-likeness (QED) is 0.946. The number of aromatic nitrogens is 1. The fourth-order valence-corrected chi connectivity index (χ4v) is 2.78. The Bertz CT molecular complexity index is 505. The first kappa shape index (κ1) is 12.3. The van der Waals surface area contributed by atoms with Crippen LogP contribution >= 0.6 is 27.3 Å². The van der Waals surface area contributed by atoms with Gasteiger partial charge < -0.3 is 5.32 Å². The van der Waals surface area contributed by atoms with Gasteiger partial charge >= 0.3 is 0 Å². The third kappa shape index (κ3) is 3.14. The number of carbonyl (C=O) groups is 1. The molecule has 0 aliphatic carbocycles. The van der Waals surface area contributed by atoms with E-state index in [1.165, 1.54) is 11.3 Å². The molecule has 0 atom stereocenters. The van der Waals surface area contributed by atoms with Crippen LogP contribution in [0.15, 0.2) is 34.2 Å². The first-order valence-corrected chi connectivity index (χ1v) is 6.72. The number of pyridine rings is 1. The van der Waals surface area contributed by atoms with E-state index in [9.17, 15) is 4.79 Å². The molecular formula is C12H11BrN2OS. The van der Waals surface area contributed by atoms with Crippen LogP contribution in [0.3, 0.4) is 0 Å². The lowest BCUT2D eigenvalue weighted by atomic mass is 10.3. The van der Waals surface area contributed by atoms with Gasteiger partial charge in [0.05, 0.1) is 20.9 Å². The molecule has 2 heterocycles. The van der Waals surface area contributed by atoms with E-state index in [2.05, 4.69) is 26.2 Å². The summed E-state index contributed by atoms with van der Waals surface area (Å²) in [5.74, 6) is -0.0607. The normalized spacial score (nSPS) is 10.2. The molecule has 2 rings (SSSR count). The predicted molar refractivity (Wildman–Crippen MR) is 72.2 cm³/mol. The Morgan fingerprint density at radius 1 is 1.53 bits per heavy atom. The van der Waals surface area contributed by atoms with Crippen LogP contribution < -0.4 is 5.32 Å². The zero-order valence-corrected chi connectivity index (χ0v) is 11.6. The van der Waals surface area contributed by atoms with Crippen molar-refractivity contribution in [3.05, 3.63) is 50.4 Å². The van der Waals surface area contributed by atoms with Crippen LogP contribution in [0, 0.1) is 6.92 Å². The smallest absolute Gasteiger partial charge is 0.261 e. The van der Waals surface area contributed by atoms with Gasteiger partial charge in [0.25, 0.3) is 5.91 Å². The fraction of sp³-hybridized carbons (Fsp3) is 0.167. The van der Waals surface area contributed by atoms with E-state index in [1.54, 1.807) is 6.20 Å². The van der Waals surface area contributed by atoms with Crippen molar-refractivity contribution in [2.24, 2.45) is 0 Å². The first-order valence-electron chi connectivity index (χ1n) is 5.11. The molecule has 1 N–H and O–H groups in total. The number of nitrogens with zero attached hydrogens (tertiary/aromatic N) is 1. The van der Waals surface area contributed by atoms with Crippen LogP contribution in [0.1, 0.15) is 20.9 Å². The molecule has 0 spiro atoms. The van der Waals surface area contributed by atoms with Gasteiger partial charge in [-0.15, -0.1) is 11.3 Å². The number of aryl methyl sites for hydroxylation is 1. The standard InChI is InChI=1S/C12H11BrN2OS/c1-8-6-10(17-11(8)13)12(16)15-7-9-4-2-3-5-14-9/h2-6H,7H2,1H3,(H,15,16). The number of nitrogens with one attached hydrogen (secondary N) is 1. The number of amides is 1. The molecular weight excluding hydrogens is 300 g/mol. The van der Waals surface area contributed by atoms with Gasteiger partial charge in [0, 0.05) is 6.20 Å². The zero-order chi connectivity index (χ0) is 12.3. The molecule has 0 radical (unpaired) electrons. The summed E-state index contributed by atoms with van der Waals surface area (Å²) >= 11 is 4.85. The second-order valence-corrected chi connectivity index (χ2v) is 5.94. The maximum Gasteiger partial charge on any atom is 0.261 e. The van der Waals surface area contributed by atoms with E-state index >= 15 is 0 Å². The highest BCUT2D eigenvalue weighted by atomic mass is 79.9. The summed E-state index contributed by atoms with van der Waals surface area (Å²) in [6.07, 6.45) is 1.72. The highest BCUT2D eigenvalue weighted by Crippen LogP contribution is 2.27. The van der Waals surface area contributed by atoms with Crippen LogP contribution in [0.25, 0.3) is 0 Å². The molecule has 3 nitrogen and oxygen atoms in total. The minimum absolute atomic E-state index is 0.0607. The lowest BCUT2D eigenvalue weighted by Crippen LogP contribution is -2.22. The first-order chi connectivity index (χ1) is 8.16. The highest BCUT2D eigenvalue weighted by molar-refractivity contribution is 9.11. The zero-order valence-electron chi connectivity index (χ0n) is 9.24. The minimum atomic E-state index is -0.0607. The summed E-state index contributed by atoms with van der Waals surface area (Å²) < 4.78 is 1.00. The Hall–Kier alpha value is -1.20. The van der Waals surface area contributed by atoms with E-state index < -0.39 is 0 Å². The molecule has 5 heteroatoms. The Balaban J connectivity index is 1.98. The van der Waals surface area contributed by atoms with Crippen molar-refractivity contribution in [1.29, 1.82) is 0 Å². The van der Waals surface area contributed by atoms with Crippen LogP contribution in [0.5, 0.6) is 0 Å². The van der Waals surface area contributed by atoms with Crippen molar-refractivity contribution in [3.8, 4) is 0 Å². The summed E-state index contributed by atoms with van der Waals surface area (Å²) in [4.78, 5) is 16.7. The Morgan fingerprint density at radius 2 is 2.35 bits per heavy atom. The summed E-state index contributed by atoms with van der Waals surface area (Å²) in [6.45, 7) is 2.42. The number of rotatable bonds is 3. The van der Waals surface area contributed by atoms with E-state index in [4.69, 9.17) is 0 Å². The van der Waals surface area contributed by atoms with Crippen molar-refractivity contribution in [2.45, 2.75) is 13.5 Å². The number of carbonyl (C=O) groups excluding carboxylic acids is 1. The van der Waals surface area contributed by atoms with E-state index in [1.807, 2.05) is 31.2 Å². The van der Waals surface area contributed by atoms with Gasteiger partial charge in [-0.2, -0.15) is 0 Å². The van der Waals surface area contributed by atoms with Crippen molar-refractivity contribution in [2.75, 3.05) is 0 Å². The van der Waals surface area contributed by atoms with Gasteiger partial charge in [0.15, 0.2) is 0 Å². The molecule has 0 bridgehead atoms. The van der Waals surface area contributed by atoms with Crippen LogP contribution in [0.2, 0.25) is 0 Å². The molecule has 0 fully saturated rings. The average Bonchev–Trinajstić information content (AvgIpc) is 2.68. The van der Waals surface area contributed by atoms with Gasteiger partial charge in [-0.05, 0) is 46.6 Å². The Kier molecular flexibility index (Phi) is 3.91. The predicted octanol–water partition coefficient (Wildman–Crippen LogP) is 3.14. The maximum atomic E-state index is 11.8. The number of hydrogen-bond acceptors (Lipinski definition) is 3. The van der Waals surface area contributed by atoms with Crippen LogP contribution in [-0.4, -0.2) is 10.9 Å². The van der Waals surface area contributed by atoms with Gasteiger partial charge in [-0.1, -0.05) is 6.07 Å². The molecule has 1 amide bonds. The molecule has 0 aromatic carbocycles. The van der Waals surface area contributed by atoms with E-state index in [-0.39, 0.29) is 5.91 Å². The molecule has 2 aromatic rings. The molecule has 0 aliphatic heterocycles. The molecule has 2 aromatic heterocycles. The number of hydrogen-bond donors (Lipinski definition) is 1. The summed E-state index contributed by atoms with van der Waals surface area (Å²) in [5.41, 5.74) is 1.94. The van der Waals surface area contributed by atoms with Crippen LogP contribution in [0.4, 0.5) is 0 Å². The molecule has 0 aliphatic rings. The molecule has 17 heavy (non-hydrogen) atoms.